The number of thiocarbonyl (C=S) groups is 2. The molecule has 2 aliphatic rings. The number of rotatable bonds is 7. The van der Waals surface area contributed by atoms with Crippen molar-refractivity contribution in [2.24, 2.45) is 11.0 Å². The molecule has 8 heteroatoms. The fourth-order valence-corrected chi connectivity index (χ4v) is 4.84. The molecule has 1 fully saturated rings. The topological polar surface area (TPSA) is 22.1 Å². The minimum absolute atomic E-state index is 0.0445. The molecule has 1 atom stereocenters. The van der Waals surface area contributed by atoms with E-state index in [9.17, 15) is 8.78 Å². The summed E-state index contributed by atoms with van der Waals surface area (Å²) in [5.41, 5.74) is 3.24. The highest BCUT2D eigenvalue weighted by Crippen LogP contribution is 2.31. The molecule has 4 rings (SSSR count). The molecule has 1 unspecified atom stereocenters. The van der Waals surface area contributed by atoms with Gasteiger partial charge in [-0.2, -0.15) is 5.10 Å². The Labute approximate surface area is 204 Å². The maximum absolute atomic E-state index is 13.0. The Morgan fingerprint density at radius 1 is 1.09 bits per heavy atom. The molecular weight excluding hydrogens is 458 g/mol. The zero-order valence-electron chi connectivity index (χ0n) is 18.8. The van der Waals surface area contributed by atoms with Crippen molar-refractivity contribution in [1.82, 2.24) is 9.91 Å². The van der Waals surface area contributed by atoms with E-state index in [1.54, 1.807) is 12.1 Å². The van der Waals surface area contributed by atoms with E-state index in [0.717, 1.165) is 47.3 Å². The molecule has 0 aliphatic carbocycles. The minimum atomic E-state index is -2.50. The van der Waals surface area contributed by atoms with Gasteiger partial charge in [0.15, 0.2) is 0 Å². The van der Waals surface area contributed by atoms with Crippen LogP contribution in [0.4, 0.5) is 14.5 Å². The molecule has 0 spiro atoms. The number of alkyl halides is 2. The first-order valence-corrected chi connectivity index (χ1v) is 11.9. The quantitative estimate of drug-likeness (QED) is 0.492. The van der Waals surface area contributed by atoms with Gasteiger partial charge in [0.25, 0.3) is 6.43 Å². The van der Waals surface area contributed by atoms with E-state index in [4.69, 9.17) is 24.4 Å². The van der Waals surface area contributed by atoms with E-state index in [1.807, 2.05) is 37.3 Å². The van der Waals surface area contributed by atoms with Gasteiger partial charge in [-0.25, -0.2) is 8.78 Å². The first-order chi connectivity index (χ1) is 15.8. The lowest BCUT2D eigenvalue weighted by atomic mass is 9.98. The van der Waals surface area contributed by atoms with Gasteiger partial charge >= 0.3 is 0 Å². The SMILES string of the molecule is CC(=S)N1CC(C(=S)N(CCc2ccc(C3CC(C(F)F)=NN3C)cc2)c2ccccc2)C1. The van der Waals surface area contributed by atoms with Gasteiger partial charge in [0.1, 0.15) is 5.71 Å². The molecule has 0 N–H and O–H groups in total. The molecule has 0 radical (unpaired) electrons. The molecule has 2 aromatic rings. The number of likely N-dealkylation sites (tertiary alicyclic amines) is 1. The number of benzene rings is 2. The van der Waals surface area contributed by atoms with Crippen LogP contribution in [0.2, 0.25) is 0 Å². The molecule has 2 aliphatic heterocycles. The van der Waals surface area contributed by atoms with Crippen molar-refractivity contribution in [3.8, 4) is 0 Å². The monoisotopic (exact) mass is 486 g/mol. The number of halogens is 2. The molecular formula is C25H28F2N4S2. The molecule has 4 nitrogen and oxygen atoms in total. The average Bonchev–Trinajstić information content (AvgIpc) is 3.16. The normalized spacial score (nSPS) is 18.3. The number of hydrogen-bond donors (Lipinski definition) is 0. The third-order valence-electron chi connectivity index (χ3n) is 6.39. The second-order valence-corrected chi connectivity index (χ2v) is 9.63. The Hall–Kier alpha value is -2.45. The first-order valence-electron chi connectivity index (χ1n) is 11.1. The summed E-state index contributed by atoms with van der Waals surface area (Å²) in [6, 6.07) is 18.3. The van der Waals surface area contributed by atoms with Crippen LogP contribution in [0.3, 0.4) is 0 Å². The maximum atomic E-state index is 13.0. The van der Waals surface area contributed by atoms with Crippen LogP contribution in [0, 0.1) is 5.92 Å². The average molecular weight is 487 g/mol. The van der Waals surface area contributed by atoms with Crippen molar-refractivity contribution < 1.29 is 8.78 Å². The molecule has 2 heterocycles. The number of anilines is 1. The van der Waals surface area contributed by atoms with Crippen LogP contribution >= 0.6 is 24.4 Å². The van der Waals surface area contributed by atoms with Crippen LogP contribution in [0.25, 0.3) is 0 Å². The van der Waals surface area contributed by atoms with Gasteiger partial charge in [0, 0.05) is 44.7 Å². The minimum Gasteiger partial charge on any atom is -0.365 e. The third-order valence-corrected chi connectivity index (χ3v) is 7.20. The smallest absolute Gasteiger partial charge is 0.278 e. The fourth-order valence-electron chi connectivity index (χ4n) is 4.34. The van der Waals surface area contributed by atoms with Crippen LogP contribution in [0.1, 0.15) is 30.5 Å². The Kier molecular flexibility index (Phi) is 7.34. The van der Waals surface area contributed by atoms with Gasteiger partial charge < -0.3 is 9.80 Å². The Morgan fingerprint density at radius 3 is 2.33 bits per heavy atom. The summed E-state index contributed by atoms with van der Waals surface area (Å²) in [5, 5.41) is 5.63. The van der Waals surface area contributed by atoms with Crippen LogP contribution < -0.4 is 4.90 Å². The van der Waals surface area contributed by atoms with E-state index in [1.165, 1.54) is 5.56 Å². The van der Waals surface area contributed by atoms with Gasteiger partial charge in [0.05, 0.1) is 16.0 Å². The summed E-state index contributed by atoms with van der Waals surface area (Å²) in [6.45, 7) is 4.49. The fraction of sp³-hybridized carbons (Fsp3) is 0.400. The summed E-state index contributed by atoms with van der Waals surface area (Å²) in [7, 11) is 1.75. The Bertz CT molecular complexity index is 1020. The number of para-hydroxylation sites is 1. The summed E-state index contributed by atoms with van der Waals surface area (Å²) in [4.78, 5) is 6.28. The van der Waals surface area contributed by atoms with Crippen LogP contribution in [-0.2, 0) is 6.42 Å². The molecule has 0 bridgehead atoms. The summed E-state index contributed by atoms with van der Waals surface area (Å²) < 4.78 is 26.0. The number of hydrazone groups is 1. The zero-order valence-corrected chi connectivity index (χ0v) is 20.5. The molecule has 1 saturated heterocycles. The number of hydrogen-bond acceptors (Lipinski definition) is 4. The van der Waals surface area contributed by atoms with Gasteiger partial charge in [-0.1, -0.05) is 66.9 Å². The predicted octanol–water partition coefficient (Wildman–Crippen LogP) is 5.34. The largest absolute Gasteiger partial charge is 0.365 e. The lowest BCUT2D eigenvalue weighted by Gasteiger charge is -2.43. The molecule has 0 amide bonds. The van der Waals surface area contributed by atoms with E-state index >= 15 is 0 Å². The Morgan fingerprint density at radius 2 is 1.76 bits per heavy atom. The summed E-state index contributed by atoms with van der Waals surface area (Å²) in [6.07, 6.45) is -1.40. The van der Waals surface area contributed by atoms with Crippen LogP contribution in [0.5, 0.6) is 0 Å². The van der Waals surface area contributed by atoms with Crippen LogP contribution in [-0.4, -0.2) is 58.7 Å². The summed E-state index contributed by atoms with van der Waals surface area (Å²) in [5.74, 6) is 0.322. The van der Waals surface area contributed by atoms with Gasteiger partial charge in [0.2, 0.25) is 0 Å². The van der Waals surface area contributed by atoms with E-state index in [0.29, 0.717) is 5.92 Å². The van der Waals surface area contributed by atoms with Crippen molar-refractivity contribution >= 4 is 45.8 Å². The Balaban J connectivity index is 1.41. The van der Waals surface area contributed by atoms with Gasteiger partial charge in [-0.3, -0.25) is 5.01 Å². The highest BCUT2D eigenvalue weighted by molar-refractivity contribution is 7.80. The summed E-state index contributed by atoms with van der Waals surface area (Å²) >= 11 is 11.2. The standard InChI is InChI=1S/C25H28F2N4S2/c1-17(32)30-15-20(16-30)25(33)31(21-6-4-3-5-7-21)13-12-18-8-10-19(11-9-18)23-14-22(24(26)27)28-29(23)2/h3-11,20,23-24H,12-16H2,1-2H3. The van der Waals surface area contributed by atoms with E-state index in [-0.39, 0.29) is 18.2 Å². The van der Waals surface area contributed by atoms with E-state index in [2.05, 4.69) is 39.2 Å². The van der Waals surface area contributed by atoms with Crippen molar-refractivity contribution in [3.63, 3.8) is 0 Å². The highest BCUT2D eigenvalue weighted by Gasteiger charge is 2.33. The second kappa shape index (κ2) is 10.2. The first kappa shape index (κ1) is 23.7. The molecule has 2 aromatic carbocycles. The molecule has 0 aromatic heterocycles. The van der Waals surface area contributed by atoms with Crippen molar-refractivity contribution in [3.05, 3.63) is 65.7 Å². The zero-order chi connectivity index (χ0) is 23.5. The van der Waals surface area contributed by atoms with Crippen molar-refractivity contribution in [2.75, 3.05) is 31.6 Å². The predicted molar refractivity (Wildman–Crippen MR) is 138 cm³/mol. The second-order valence-electron chi connectivity index (χ2n) is 8.62. The molecule has 33 heavy (non-hydrogen) atoms. The molecule has 0 saturated carbocycles. The molecule has 174 valence electrons. The van der Waals surface area contributed by atoms with Gasteiger partial charge in [-0.05, 0) is 36.6 Å². The van der Waals surface area contributed by atoms with Crippen LogP contribution in [0.15, 0.2) is 59.7 Å². The lowest BCUT2D eigenvalue weighted by molar-refractivity contribution is 0.223. The van der Waals surface area contributed by atoms with Crippen molar-refractivity contribution in [2.45, 2.75) is 32.2 Å². The third kappa shape index (κ3) is 5.38. The van der Waals surface area contributed by atoms with Crippen molar-refractivity contribution in [1.29, 1.82) is 0 Å². The van der Waals surface area contributed by atoms with Gasteiger partial charge in [-0.15, -0.1) is 0 Å². The van der Waals surface area contributed by atoms with E-state index < -0.39 is 6.43 Å². The maximum Gasteiger partial charge on any atom is 0.278 e. The number of nitrogens with zero attached hydrogens (tertiary/aromatic N) is 4. The lowest BCUT2D eigenvalue weighted by Crippen LogP contribution is -2.55. The highest BCUT2D eigenvalue weighted by atomic mass is 32.1.